The third kappa shape index (κ3) is 3.91. The quantitative estimate of drug-likeness (QED) is 0.713. The molecule has 0 spiro atoms. The molecule has 0 aliphatic carbocycles. The average molecular weight is 335 g/mol. The molecule has 0 fully saturated rings. The molecule has 0 heterocycles. The molecule has 0 bridgehead atoms. The minimum atomic E-state index is -0.578. The number of carbonyl (C=O) groups excluding carboxylic acids is 1. The first-order valence-corrected chi connectivity index (χ1v) is 8.30. The number of methoxy groups -OCH3 is 1. The minimum Gasteiger partial charge on any atom is -0.495 e. The van der Waals surface area contributed by atoms with E-state index in [9.17, 15) is 4.79 Å². The van der Waals surface area contributed by atoms with Crippen LogP contribution in [0.25, 0.3) is 10.8 Å². The van der Waals surface area contributed by atoms with Crippen LogP contribution < -0.4 is 14.8 Å². The third-order valence-electron chi connectivity index (χ3n) is 4.03. The fourth-order valence-electron chi connectivity index (χ4n) is 2.69. The summed E-state index contributed by atoms with van der Waals surface area (Å²) in [6.45, 7) is 1.92. The fraction of sp³-hybridized carbons (Fsp3) is 0.190. The van der Waals surface area contributed by atoms with Gasteiger partial charge in [-0.25, -0.2) is 0 Å². The average Bonchev–Trinajstić information content (AvgIpc) is 2.66. The Morgan fingerprint density at radius 1 is 1.00 bits per heavy atom. The summed E-state index contributed by atoms with van der Waals surface area (Å²) in [5, 5.41) is 5.10. The topological polar surface area (TPSA) is 47.6 Å². The van der Waals surface area contributed by atoms with Gasteiger partial charge in [0, 0.05) is 0 Å². The Morgan fingerprint density at radius 3 is 2.48 bits per heavy atom. The second-order valence-electron chi connectivity index (χ2n) is 5.71. The summed E-state index contributed by atoms with van der Waals surface area (Å²) in [5.74, 6) is 1.11. The van der Waals surface area contributed by atoms with E-state index in [0.29, 0.717) is 23.6 Å². The minimum absolute atomic E-state index is 0.194. The summed E-state index contributed by atoms with van der Waals surface area (Å²) in [6, 6.07) is 21.2. The van der Waals surface area contributed by atoms with E-state index < -0.39 is 6.10 Å². The zero-order chi connectivity index (χ0) is 17.6. The van der Waals surface area contributed by atoms with Crippen LogP contribution in [-0.2, 0) is 4.79 Å². The number of para-hydroxylation sites is 2. The monoisotopic (exact) mass is 335 g/mol. The van der Waals surface area contributed by atoms with Crippen LogP contribution >= 0.6 is 0 Å². The highest BCUT2D eigenvalue weighted by molar-refractivity contribution is 5.95. The lowest BCUT2D eigenvalue weighted by Crippen LogP contribution is -2.32. The Bertz CT molecular complexity index is 876. The van der Waals surface area contributed by atoms with Crippen LogP contribution in [0, 0.1) is 0 Å². The van der Waals surface area contributed by atoms with Crippen molar-refractivity contribution in [2.45, 2.75) is 19.4 Å². The predicted octanol–water partition coefficient (Wildman–Crippen LogP) is 4.64. The first-order valence-electron chi connectivity index (χ1n) is 8.30. The molecular weight excluding hydrogens is 314 g/mol. The van der Waals surface area contributed by atoms with Crippen LogP contribution in [0.3, 0.4) is 0 Å². The number of anilines is 1. The van der Waals surface area contributed by atoms with Crippen molar-refractivity contribution in [3.8, 4) is 11.5 Å². The molecule has 0 saturated carbocycles. The number of hydrogen-bond acceptors (Lipinski definition) is 3. The largest absolute Gasteiger partial charge is 0.495 e. The lowest BCUT2D eigenvalue weighted by molar-refractivity contribution is -0.122. The van der Waals surface area contributed by atoms with Crippen LogP contribution in [0.15, 0.2) is 66.7 Å². The van der Waals surface area contributed by atoms with E-state index in [0.717, 1.165) is 10.8 Å². The summed E-state index contributed by atoms with van der Waals surface area (Å²) in [7, 11) is 1.58. The summed E-state index contributed by atoms with van der Waals surface area (Å²) in [6.07, 6.45) is -0.0144. The molecule has 0 aliphatic rings. The highest BCUT2D eigenvalue weighted by Gasteiger charge is 2.19. The number of hydrogen-bond donors (Lipinski definition) is 1. The maximum Gasteiger partial charge on any atom is 0.265 e. The number of benzene rings is 3. The maximum atomic E-state index is 12.6. The lowest BCUT2D eigenvalue weighted by atomic mass is 10.1. The first-order chi connectivity index (χ1) is 12.2. The van der Waals surface area contributed by atoms with Crippen LogP contribution in [0.4, 0.5) is 5.69 Å². The Labute approximate surface area is 147 Å². The zero-order valence-electron chi connectivity index (χ0n) is 14.4. The van der Waals surface area contributed by atoms with Crippen molar-refractivity contribution in [1.82, 2.24) is 0 Å². The summed E-state index contributed by atoms with van der Waals surface area (Å²) in [5.41, 5.74) is 0.635. The number of carbonyl (C=O) groups is 1. The fourth-order valence-corrected chi connectivity index (χ4v) is 2.69. The molecule has 3 aromatic rings. The van der Waals surface area contributed by atoms with E-state index in [-0.39, 0.29) is 5.91 Å². The van der Waals surface area contributed by atoms with Gasteiger partial charge in [-0.3, -0.25) is 4.79 Å². The molecule has 3 rings (SSSR count). The number of amides is 1. The van der Waals surface area contributed by atoms with Gasteiger partial charge in [0.25, 0.3) is 5.91 Å². The molecule has 0 aromatic heterocycles. The molecule has 3 aromatic carbocycles. The zero-order valence-corrected chi connectivity index (χ0v) is 14.4. The van der Waals surface area contributed by atoms with E-state index in [4.69, 9.17) is 9.47 Å². The van der Waals surface area contributed by atoms with Crippen LogP contribution in [-0.4, -0.2) is 19.1 Å². The van der Waals surface area contributed by atoms with Crippen molar-refractivity contribution in [2.24, 2.45) is 0 Å². The second kappa shape index (κ2) is 7.71. The molecule has 1 N–H and O–H groups in total. The van der Waals surface area contributed by atoms with Crippen molar-refractivity contribution in [3.05, 3.63) is 66.7 Å². The molecule has 0 aliphatic heterocycles. The lowest BCUT2D eigenvalue weighted by Gasteiger charge is -2.18. The Balaban J connectivity index is 1.75. The van der Waals surface area contributed by atoms with Gasteiger partial charge >= 0.3 is 0 Å². The van der Waals surface area contributed by atoms with Gasteiger partial charge in [0.15, 0.2) is 6.10 Å². The highest BCUT2D eigenvalue weighted by Crippen LogP contribution is 2.25. The number of ether oxygens (including phenoxy) is 2. The van der Waals surface area contributed by atoms with Gasteiger partial charge in [-0.15, -0.1) is 0 Å². The number of nitrogens with one attached hydrogen (secondary N) is 1. The smallest absolute Gasteiger partial charge is 0.265 e. The SMILES string of the molecule is CCC(Oc1ccc2ccccc2c1)C(=O)Nc1ccccc1OC. The van der Waals surface area contributed by atoms with Crippen molar-refractivity contribution >= 4 is 22.4 Å². The van der Waals surface area contributed by atoms with Crippen LogP contribution in [0.2, 0.25) is 0 Å². The molecule has 1 amide bonds. The second-order valence-corrected chi connectivity index (χ2v) is 5.71. The van der Waals surface area contributed by atoms with E-state index in [2.05, 4.69) is 5.32 Å². The summed E-state index contributed by atoms with van der Waals surface area (Å²) in [4.78, 5) is 12.6. The standard InChI is InChI=1S/C21H21NO3/c1-3-19(21(23)22-18-10-6-7-11-20(18)24-2)25-17-13-12-15-8-4-5-9-16(15)14-17/h4-14,19H,3H2,1-2H3,(H,22,23). The van der Waals surface area contributed by atoms with Crippen molar-refractivity contribution in [1.29, 1.82) is 0 Å². The Morgan fingerprint density at radius 2 is 1.72 bits per heavy atom. The maximum absolute atomic E-state index is 12.6. The van der Waals surface area contributed by atoms with Gasteiger partial charge < -0.3 is 14.8 Å². The Hall–Kier alpha value is -3.01. The number of rotatable bonds is 6. The first kappa shape index (κ1) is 16.8. The van der Waals surface area contributed by atoms with E-state index in [1.165, 1.54) is 0 Å². The predicted molar refractivity (Wildman–Crippen MR) is 100 cm³/mol. The van der Waals surface area contributed by atoms with Gasteiger partial charge in [-0.05, 0) is 41.5 Å². The normalized spacial score (nSPS) is 11.8. The van der Waals surface area contributed by atoms with Gasteiger partial charge in [0.1, 0.15) is 11.5 Å². The molecule has 4 heteroatoms. The van der Waals surface area contributed by atoms with E-state index in [1.54, 1.807) is 19.2 Å². The molecule has 0 saturated heterocycles. The molecule has 128 valence electrons. The molecule has 1 atom stereocenters. The molecular formula is C21H21NO3. The van der Waals surface area contributed by atoms with Gasteiger partial charge in [-0.1, -0.05) is 49.4 Å². The molecule has 25 heavy (non-hydrogen) atoms. The molecule has 4 nitrogen and oxygen atoms in total. The van der Waals surface area contributed by atoms with Crippen molar-refractivity contribution < 1.29 is 14.3 Å². The van der Waals surface area contributed by atoms with Gasteiger partial charge in [-0.2, -0.15) is 0 Å². The van der Waals surface area contributed by atoms with E-state index >= 15 is 0 Å². The van der Waals surface area contributed by atoms with Gasteiger partial charge in [0.05, 0.1) is 12.8 Å². The van der Waals surface area contributed by atoms with Crippen LogP contribution in [0.5, 0.6) is 11.5 Å². The number of fused-ring (bicyclic) bond motifs is 1. The molecule has 1 unspecified atom stereocenters. The van der Waals surface area contributed by atoms with E-state index in [1.807, 2.05) is 61.5 Å². The van der Waals surface area contributed by atoms with Crippen molar-refractivity contribution in [3.63, 3.8) is 0 Å². The van der Waals surface area contributed by atoms with Crippen LogP contribution in [0.1, 0.15) is 13.3 Å². The Kier molecular flexibility index (Phi) is 5.19. The summed E-state index contributed by atoms with van der Waals surface area (Å²) >= 11 is 0. The highest BCUT2D eigenvalue weighted by atomic mass is 16.5. The third-order valence-corrected chi connectivity index (χ3v) is 4.03. The van der Waals surface area contributed by atoms with Crippen molar-refractivity contribution in [2.75, 3.05) is 12.4 Å². The van der Waals surface area contributed by atoms with Gasteiger partial charge in [0.2, 0.25) is 0 Å². The molecule has 0 radical (unpaired) electrons. The summed E-state index contributed by atoms with van der Waals surface area (Å²) < 4.78 is 11.2.